The lowest BCUT2D eigenvalue weighted by molar-refractivity contribution is 0.102. The van der Waals surface area contributed by atoms with Crippen LogP contribution in [-0.4, -0.2) is 15.9 Å². The van der Waals surface area contributed by atoms with Gasteiger partial charge in [-0.05, 0) is 30.3 Å². The second-order valence-electron chi connectivity index (χ2n) is 4.45. The third kappa shape index (κ3) is 2.75. The van der Waals surface area contributed by atoms with Crippen molar-refractivity contribution in [1.82, 2.24) is 9.97 Å². The summed E-state index contributed by atoms with van der Waals surface area (Å²) in [6.45, 7) is 0. The van der Waals surface area contributed by atoms with E-state index in [1.54, 1.807) is 0 Å². The Morgan fingerprint density at radius 2 is 1.91 bits per heavy atom. The van der Waals surface area contributed by atoms with E-state index in [9.17, 15) is 13.6 Å². The topological polar surface area (TPSA) is 57.8 Å². The molecule has 0 saturated heterocycles. The van der Waals surface area contributed by atoms with E-state index in [0.717, 1.165) is 12.1 Å². The number of nitrogens with zero attached hydrogens (tertiary/aromatic N) is 1. The Balaban J connectivity index is 1.91. The number of hydrogen-bond acceptors (Lipinski definition) is 2. The van der Waals surface area contributed by atoms with Crippen LogP contribution in [0.3, 0.4) is 0 Å². The molecule has 0 aliphatic rings. The molecule has 0 bridgehead atoms. The summed E-state index contributed by atoms with van der Waals surface area (Å²) in [6.07, 6.45) is 0. The molecule has 0 aliphatic heterocycles. The van der Waals surface area contributed by atoms with Crippen LogP contribution in [0.4, 0.5) is 14.7 Å². The molecule has 2 N–H and O–H groups in total. The average Bonchev–Trinajstić information content (AvgIpc) is 2.83. The second kappa shape index (κ2) is 5.55. The fourth-order valence-corrected chi connectivity index (χ4v) is 2.38. The summed E-state index contributed by atoms with van der Waals surface area (Å²) in [5, 5.41) is 2.26. The van der Waals surface area contributed by atoms with Crippen molar-refractivity contribution in [3.05, 3.63) is 57.6 Å². The van der Waals surface area contributed by atoms with Crippen molar-refractivity contribution in [3.63, 3.8) is 0 Å². The first-order valence-electron chi connectivity index (χ1n) is 6.05. The molecule has 2 aromatic carbocycles. The summed E-state index contributed by atoms with van der Waals surface area (Å²) >= 11 is 11.4. The molecule has 0 unspecified atom stereocenters. The van der Waals surface area contributed by atoms with Crippen LogP contribution in [0.5, 0.6) is 0 Å². The van der Waals surface area contributed by atoms with E-state index in [-0.39, 0.29) is 21.6 Å². The van der Waals surface area contributed by atoms with Gasteiger partial charge in [-0.1, -0.05) is 23.2 Å². The fraction of sp³-hybridized carbons (Fsp3) is 0. The number of anilines is 1. The Morgan fingerprint density at radius 1 is 1.14 bits per heavy atom. The van der Waals surface area contributed by atoms with Crippen molar-refractivity contribution in [2.75, 3.05) is 5.32 Å². The van der Waals surface area contributed by atoms with Crippen LogP contribution in [0.15, 0.2) is 30.3 Å². The summed E-state index contributed by atoms with van der Waals surface area (Å²) < 4.78 is 26.5. The number of carbonyl (C=O) groups is 1. The maximum absolute atomic E-state index is 13.4. The Bertz CT molecular complexity index is 895. The van der Waals surface area contributed by atoms with Gasteiger partial charge in [0.15, 0.2) is 0 Å². The first kappa shape index (κ1) is 14.7. The monoisotopic (exact) mass is 341 g/mol. The molecule has 0 atom stereocenters. The molecule has 0 saturated carbocycles. The van der Waals surface area contributed by atoms with Gasteiger partial charge < -0.3 is 4.98 Å². The van der Waals surface area contributed by atoms with Gasteiger partial charge in [-0.3, -0.25) is 10.1 Å². The number of amides is 1. The molecule has 0 radical (unpaired) electrons. The third-order valence-electron chi connectivity index (χ3n) is 2.93. The third-order valence-corrected chi connectivity index (χ3v) is 3.53. The van der Waals surface area contributed by atoms with E-state index in [1.165, 1.54) is 18.2 Å². The number of nitrogens with one attached hydrogen (secondary N) is 2. The van der Waals surface area contributed by atoms with E-state index >= 15 is 0 Å². The summed E-state index contributed by atoms with van der Waals surface area (Å²) in [5.41, 5.74) is 0.809. The number of fused-ring (bicyclic) bond motifs is 1. The molecule has 1 aromatic heterocycles. The standard InChI is InChI=1S/C14H7Cl2F2N3O/c15-8-5-9(16)10(18)4-7(8)13(22)21-14-19-11-2-1-6(17)3-12(11)20-14/h1-5H,(H2,19,20,21,22). The minimum absolute atomic E-state index is 0.00561. The molecule has 3 aromatic rings. The van der Waals surface area contributed by atoms with Crippen molar-refractivity contribution in [1.29, 1.82) is 0 Å². The first-order chi connectivity index (χ1) is 10.4. The molecule has 0 spiro atoms. The van der Waals surface area contributed by atoms with Crippen LogP contribution in [-0.2, 0) is 0 Å². The van der Waals surface area contributed by atoms with Crippen LogP contribution in [0.2, 0.25) is 10.0 Å². The molecular formula is C14H7Cl2F2N3O. The highest BCUT2D eigenvalue weighted by Gasteiger charge is 2.16. The summed E-state index contributed by atoms with van der Waals surface area (Å²) in [7, 11) is 0. The van der Waals surface area contributed by atoms with Gasteiger partial charge in [0.1, 0.15) is 11.6 Å². The zero-order valence-corrected chi connectivity index (χ0v) is 12.3. The van der Waals surface area contributed by atoms with Crippen molar-refractivity contribution >= 4 is 46.1 Å². The number of imidazole rings is 1. The van der Waals surface area contributed by atoms with Gasteiger partial charge in [0.05, 0.1) is 26.6 Å². The van der Waals surface area contributed by atoms with Crippen LogP contribution < -0.4 is 5.32 Å². The highest BCUT2D eigenvalue weighted by atomic mass is 35.5. The number of aromatic amines is 1. The predicted molar refractivity (Wildman–Crippen MR) is 80.4 cm³/mol. The van der Waals surface area contributed by atoms with E-state index in [1.807, 2.05) is 0 Å². The lowest BCUT2D eigenvalue weighted by Gasteiger charge is -2.05. The number of hydrogen-bond donors (Lipinski definition) is 2. The van der Waals surface area contributed by atoms with Gasteiger partial charge in [0, 0.05) is 0 Å². The van der Waals surface area contributed by atoms with Gasteiger partial charge in [-0.25, -0.2) is 13.8 Å². The molecule has 112 valence electrons. The summed E-state index contributed by atoms with van der Waals surface area (Å²) in [4.78, 5) is 18.9. The van der Waals surface area contributed by atoms with Crippen LogP contribution >= 0.6 is 23.2 Å². The van der Waals surface area contributed by atoms with Crippen LogP contribution in [0, 0.1) is 11.6 Å². The quantitative estimate of drug-likeness (QED) is 0.678. The number of carbonyl (C=O) groups excluding carboxylic acids is 1. The van der Waals surface area contributed by atoms with Crippen molar-refractivity contribution in [2.24, 2.45) is 0 Å². The summed E-state index contributed by atoms with van der Waals surface area (Å²) in [6, 6.07) is 6.03. The number of rotatable bonds is 2. The summed E-state index contributed by atoms with van der Waals surface area (Å²) in [5.74, 6) is -1.77. The SMILES string of the molecule is O=C(Nc1nc2ccc(F)cc2[nH]1)c1cc(F)c(Cl)cc1Cl. The minimum atomic E-state index is -0.761. The van der Waals surface area contributed by atoms with E-state index in [4.69, 9.17) is 23.2 Å². The molecule has 0 aliphatic carbocycles. The normalized spacial score (nSPS) is 10.9. The molecule has 8 heteroatoms. The van der Waals surface area contributed by atoms with Gasteiger partial charge in [0.2, 0.25) is 5.95 Å². The van der Waals surface area contributed by atoms with Gasteiger partial charge in [-0.2, -0.15) is 0 Å². The highest BCUT2D eigenvalue weighted by molar-refractivity contribution is 6.37. The Kier molecular flexibility index (Phi) is 3.72. The molecule has 1 amide bonds. The first-order valence-corrected chi connectivity index (χ1v) is 6.81. The maximum atomic E-state index is 13.4. The number of aromatic nitrogens is 2. The van der Waals surface area contributed by atoms with Crippen molar-refractivity contribution in [3.8, 4) is 0 Å². The number of halogens is 4. The van der Waals surface area contributed by atoms with E-state index in [0.29, 0.717) is 11.0 Å². The van der Waals surface area contributed by atoms with Crippen LogP contribution in [0.25, 0.3) is 11.0 Å². The lowest BCUT2D eigenvalue weighted by Crippen LogP contribution is -2.14. The fourth-order valence-electron chi connectivity index (χ4n) is 1.91. The van der Waals surface area contributed by atoms with Gasteiger partial charge in [0.25, 0.3) is 5.91 Å². The van der Waals surface area contributed by atoms with Crippen molar-refractivity contribution < 1.29 is 13.6 Å². The minimum Gasteiger partial charge on any atom is -0.324 e. The average molecular weight is 342 g/mol. The number of H-pyrrole nitrogens is 1. The Hall–Kier alpha value is -2.18. The van der Waals surface area contributed by atoms with E-state index < -0.39 is 17.5 Å². The largest absolute Gasteiger partial charge is 0.324 e. The molecule has 0 fully saturated rings. The smallest absolute Gasteiger partial charge is 0.259 e. The second-order valence-corrected chi connectivity index (χ2v) is 5.26. The molecule has 3 rings (SSSR count). The molecular weight excluding hydrogens is 335 g/mol. The van der Waals surface area contributed by atoms with Crippen molar-refractivity contribution in [2.45, 2.75) is 0 Å². The maximum Gasteiger partial charge on any atom is 0.259 e. The van der Waals surface area contributed by atoms with Gasteiger partial charge in [-0.15, -0.1) is 0 Å². The lowest BCUT2D eigenvalue weighted by atomic mass is 10.2. The zero-order chi connectivity index (χ0) is 15.9. The van der Waals surface area contributed by atoms with E-state index in [2.05, 4.69) is 15.3 Å². The van der Waals surface area contributed by atoms with Gasteiger partial charge >= 0.3 is 0 Å². The molecule has 22 heavy (non-hydrogen) atoms. The zero-order valence-electron chi connectivity index (χ0n) is 10.8. The Labute approximate surface area is 133 Å². The molecule has 1 heterocycles. The van der Waals surface area contributed by atoms with Crippen LogP contribution in [0.1, 0.15) is 10.4 Å². The number of benzene rings is 2. The predicted octanol–water partition coefficient (Wildman–Crippen LogP) is 4.40. The Morgan fingerprint density at radius 3 is 2.68 bits per heavy atom. The highest BCUT2D eigenvalue weighted by Crippen LogP contribution is 2.25. The molecule has 4 nitrogen and oxygen atoms in total.